The summed E-state index contributed by atoms with van der Waals surface area (Å²) in [5, 5.41) is 12.4. The summed E-state index contributed by atoms with van der Waals surface area (Å²) in [7, 11) is 0. The molecule has 4 aromatic rings. The molecule has 1 aliphatic heterocycles. The van der Waals surface area contributed by atoms with Crippen molar-refractivity contribution in [3.8, 4) is 0 Å². The maximum Gasteiger partial charge on any atom is 0.343 e. The van der Waals surface area contributed by atoms with Crippen LogP contribution in [-0.4, -0.2) is 57.6 Å². The van der Waals surface area contributed by atoms with E-state index in [0.29, 0.717) is 53.3 Å². The van der Waals surface area contributed by atoms with Gasteiger partial charge in [0.25, 0.3) is 11.5 Å². The monoisotopic (exact) mass is 492 g/mol. The Labute approximate surface area is 203 Å². The molecule has 0 spiro atoms. The molecule has 1 amide bonds. The number of carboxylic acids is 1. The molecule has 1 aromatic carbocycles. The number of piperazine rings is 1. The molecule has 8 nitrogen and oxygen atoms in total. The fourth-order valence-electron chi connectivity index (χ4n) is 4.39. The number of nitrogens with zero attached hydrogens (tertiary/aromatic N) is 4. The van der Waals surface area contributed by atoms with Crippen molar-refractivity contribution in [1.29, 1.82) is 0 Å². The highest BCUT2D eigenvalue weighted by Gasteiger charge is 2.30. The number of thiophene rings is 1. The lowest BCUT2D eigenvalue weighted by atomic mass is 10.1. The smallest absolute Gasteiger partial charge is 0.343 e. The van der Waals surface area contributed by atoms with Crippen LogP contribution in [0.25, 0.3) is 11.0 Å². The Morgan fingerprint density at radius 3 is 2.43 bits per heavy atom. The van der Waals surface area contributed by atoms with Gasteiger partial charge in [-0.3, -0.25) is 14.2 Å². The van der Waals surface area contributed by atoms with Crippen molar-refractivity contribution in [2.24, 2.45) is 0 Å². The van der Waals surface area contributed by atoms with Gasteiger partial charge in [-0.2, -0.15) is 0 Å². The van der Waals surface area contributed by atoms with Gasteiger partial charge in [0.2, 0.25) is 0 Å². The number of carbonyl (C=O) groups excluding carboxylic acids is 1. The molecule has 1 saturated heterocycles. The van der Waals surface area contributed by atoms with Gasteiger partial charge in [-0.1, -0.05) is 18.2 Å². The molecule has 1 fully saturated rings. The molecule has 0 bridgehead atoms. The van der Waals surface area contributed by atoms with Gasteiger partial charge in [-0.25, -0.2) is 14.2 Å². The second-order valence-electron chi connectivity index (χ2n) is 8.18. The molecule has 0 aliphatic carbocycles. The highest BCUT2D eigenvalue weighted by molar-refractivity contribution is 7.12. The van der Waals surface area contributed by atoms with Crippen LogP contribution in [0.4, 0.5) is 10.1 Å². The average Bonchev–Trinajstić information content (AvgIpc) is 3.41. The van der Waals surface area contributed by atoms with Crippen LogP contribution in [0.15, 0.2) is 64.9 Å². The van der Waals surface area contributed by atoms with Crippen molar-refractivity contribution in [3.05, 3.63) is 92.3 Å². The fourth-order valence-corrected chi connectivity index (χ4v) is 5.08. The minimum atomic E-state index is -1.33. The first kappa shape index (κ1) is 22.7. The first-order valence-electron chi connectivity index (χ1n) is 11.0. The lowest BCUT2D eigenvalue weighted by Crippen LogP contribution is -2.49. The number of hydrogen-bond donors (Lipinski definition) is 1. The third-order valence-corrected chi connectivity index (χ3v) is 6.93. The van der Waals surface area contributed by atoms with Crippen LogP contribution in [0, 0.1) is 5.82 Å². The summed E-state index contributed by atoms with van der Waals surface area (Å²) < 4.78 is 14.7. The summed E-state index contributed by atoms with van der Waals surface area (Å²) in [4.78, 5) is 47.1. The maximum absolute atomic E-state index is 13.5. The van der Waals surface area contributed by atoms with Crippen molar-refractivity contribution in [3.63, 3.8) is 0 Å². The molecule has 178 valence electrons. The molecule has 1 aliphatic rings. The van der Waals surface area contributed by atoms with Crippen LogP contribution in [0.2, 0.25) is 0 Å². The summed E-state index contributed by atoms with van der Waals surface area (Å²) in [6, 6.07) is 12.7. The van der Waals surface area contributed by atoms with E-state index in [1.54, 1.807) is 41.4 Å². The average molecular weight is 493 g/mol. The number of carbonyl (C=O) groups is 2. The summed E-state index contributed by atoms with van der Waals surface area (Å²) in [5.41, 5.74) is 0.277. The van der Waals surface area contributed by atoms with Gasteiger partial charge >= 0.3 is 5.97 Å². The van der Waals surface area contributed by atoms with E-state index in [-0.39, 0.29) is 18.0 Å². The van der Waals surface area contributed by atoms with E-state index in [9.17, 15) is 23.9 Å². The van der Waals surface area contributed by atoms with Crippen molar-refractivity contribution in [2.75, 3.05) is 31.1 Å². The number of benzene rings is 1. The molecule has 10 heteroatoms. The van der Waals surface area contributed by atoms with E-state index in [1.165, 1.54) is 28.0 Å². The van der Waals surface area contributed by atoms with Crippen LogP contribution in [0.5, 0.6) is 0 Å². The number of halogens is 1. The zero-order valence-electron chi connectivity index (χ0n) is 18.6. The number of amides is 1. The normalized spacial score (nSPS) is 13.9. The van der Waals surface area contributed by atoms with Crippen molar-refractivity contribution >= 4 is 39.9 Å². The second-order valence-corrected chi connectivity index (χ2v) is 9.13. The van der Waals surface area contributed by atoms with Gasteiger partial charge in [-0.05, 0) is 41.3 Å². The third-order valence-electron chi connectivity index (χ3n) is 6.08. The second kappa shape index (κ2) is 9.30. The van der Waals surface area contributed by atoms with E-state index in [4.69, 9.17) is 0 Å². The number of carboxylic acid groups (broad SMARTS) is 1. The van der Waals surface area contributed by atoms with Crippen molar-refractivity contribution < 1.29 is 19.1 Å². The van der Waals surface area contributed by atoms with E-state index < -0.39 is 17.3 Å². The standard InChI is InChI=1S/C25H21FN4O4S/c26-17-7-5-16(6-8-17)15-30-22-18(3-1-9-27-22)21(20(24(30)32)25(33)34)28-10-12-29(13-11-28)23(31)19-4-2-14-35-19/h1-9,14H,10-13,15H2,(H,33,34). The zero-order valence-corrected chi connectivity index (χ0v) is 19.4. The summed E-state index contributed by atoms with van der Waals surface area (Å²) in [5.74, 6) is -1.79. The van der Waals surface area contributed by atoms with Crippen LogP contribution in [0.1, 0.15) is 25.6 Å². The van der Waals surface area contributed by atoms with E-state index >= 15 is 0 Å². The quantitative estimate of drug-likeness (QED) is 0.459. The Morgan fingerprint density at radius 1 is 1.03 bits per heavy atom. The van der Waals surface area contributed by atoms with Gasteiger partial charge in [-0.15, -0.1) is 11.3 Å². The number of fused-ring (bicyclic) bond motifs is 1. The SMILES string of the molecule is O=C(O)c1c(N2CCN(C(=O)c3cccs3)CC2)c2cccnc2n(Cc2ccc(F)cc2)c1=O. The van der Waals surface area contributed by atoms with E-state index in [1.807, 2.05) is 16.3 Å². The molecular weight excluding hydrogens is 471 g/mol. The first-order valence-corrected chi connectivity index (χ1v) is 11.9. The maximum atomic E-state index is 13.5. The van der Waals surface area contributed by atoms with Crippen LogP contribution >= 0.6 is 11.3 Å². The third kappa shape index (κ3) is 4.28. The minimum Gasteiger partial charge on any atom is -0.477 e. The topological polar surface area (TPSA) is 95.7 Å². The zero-order chi connectivity index (χ0) is 24.5. The summed E-state index contributed by atoms with van der Waals surface area (Å²) >= 11 is 1.38. The van der Waals surface area contributed by atoms with Crippen LogP contribution in [-0.2, 0) is 6.54 Å². The summed E-state index contributed by atoms with van der Waals surface area (Å²) in [6.45, 7) is 1.61. The van der Waals surface area contributed by atoms with Crippen molar-refractivity contribution in [2.45, 2.75) is 6.54 Å². The van der Waals surface area contributed by atoms with Crippen LogP contribution in [0.3, 0.4) is 0 Å². The van der Waals surface area contributed by atoms with E-state index in [2.05, 4.69) is 4.98 Å². The Balaban J connectivity index is 1.54. The van der Waals surface area contributed by atoms with E-state index in [0.717, 1.165) is 0 Å². The molecule has 35 heavy (non-hydrogen) atoms. The lowest BCUT2D eigenvalue weighted by molar-refractivity contribution is 0.0691. The number of aromatic carboxylic acids is 1. The largest absolute Gasteiger partial charge is 0.477 e. The molecular formula is C25H21FN4O4S. The Morgan fingerprint density at radius 2 is 1.77 bits per heavy atom. The van der Waals surface area contributed by atoms with Gasteiger partial charge in [0.1, 0.15) is 17.0 Å². The Hall–Kier alpha value is -4.05. The highest BCUT2D eigenvalue weighted by Crippen LogP contribution is 2.30. The van der Waals surface area contributed by atoms with Gasteiger partial charge in [0.05, 0.1) is 17.1 Å². The predicted molar refractivity (Wildman–Crippen MR) is 131 cm³/mol. The number of pyridine rings is 2. The minimum absolute atomic E-state index is 0.0519. The molecule has 0 radical (unpaired) electrons. The summed E-state index contributed by atoms with van der Waals surface area (Å²) in [6.07, 6.45) is 1.55. The van der Waals surface area contributed by atoms with Crippen molar-refractivity contribution in [1.82, 2.24) is 14.5 Å². The van der Waals surface area contributed by atoms with Crippen LogP contribution < -0.4 is 10.5 Å². The molecule has 0 unspecified atom stereocenters. The number of anilines is 1. The van der Waals surface area contributed by atoms with Gasteiger partial charge in [0.15, 0.2) is 0 Å². The molecule has 0 atom stereocenters. The fraction of sp³-hybridized carbons (Fsp3) is 0.200. The molecule has 4 heterocycles. The number of aromatic nitrogens is 2. The molecule has 0 saturated carbocycles. The molecule has 1 N–H and O–H groups in total. The highest BCUT2D eigenvalue weighted by atomic mass is 32.1. The molecule has 5 rings (SSSR count). The Kier molecular flexibility index (Phi) is 6.04. The van der Waals surface area contributed by atoms with Gasteiger partial charge in [0, 0.05) is 37.8 Å². The first-order chi connectivity index (χ1) is 16.9. The van der Waals surface area contributed by atoms with Gasteiger partial charge < -0.3 is 14.9 Å². The number of hydrogen-bond acceptors (Lipinski definition) is 6. The Bertz CT molecular complexity index is 1460. The molecule has 3 aromatic heterocycles. The lowest BCUT2D eigenvalue weighted by Gasteiger charge is -2.37. The number of rotatable bonds is 5. The predicted octanol–water partition coefficient (Wildman–Crippen LogP) is 3.31.